The first-order valence-electron chi connectivity index (χ1n) is 11.1. The normalized spacial score (nSPS) is 41.9. The van der Waals surface area contributed by atoms with Crippen molar-refractivity contribution in [1.82, 2.24) is 15.1 Å². The molecule has 0 atom stereocenters. The maximum absolute atomic E-state index is 5.75. The van der Waals surface area contributed by atoms with E-state index >= 15 is 0 Å². The molecule has 0 spiro atoms. The number of rotatable bonds is 2. The van der Waals surface area contributed by atoms with Crippen LogP contribution in [-0.4, -0.2) is 53.2 Å². The summed E-state index contributed by atoms with van der Waals surface area (Å²) >= 11 is 5.75. The maximum atomic E-state index is 5.75. The Labute approximate surface area is 158 Å². The van der Waals surface area contributed by atoms with Crippen LogP contribution in [0.1, 0.15) is 64.2 Å². The molecule has 6 aliphatic rings. The van der Waals surface area contributed by atoms with E-state index in [2.05, 4.69) is 15.1 Å². The van der Waals surface area contributed by atoms with Gasteiger partial charge in [0.2, 0.25) is 0 Å². The molecule has 0 aromatic heterocycles. The van der Waals surface area contributed by atoms with Crippen molar-refractivity contribution in [1.29, 1.82) is 0 Å². The van der Waals surface area contributed by atoms with Crippen molar-refractivity contribution >= 4 is 17.3 Å². The molecule has 1 N–H and O–H groups in total. The van der Waals surface area contributed by atoms with Crippen LogP contribution in [0.25, 0.3) is 0 Å². The van der Waals surface area contributed by atoms with Crippen LogP contribution >= 0.6 is 12.2 Å². The molecule has 4 bridgehead atoms. The number of hydrogen-bond donors (Lipinski definition) is 1. The Bertz CT molecular complexity index is 465. The minimum atomic E-state index is 0.642. The highest BCUT2D eigenvalue weighted by Crippen LogP contribution is 2.55. The number of nitrogens with zero attached hydrogens (tertiary/aromatic N) is 2. The summed E-state index contributed by atoms with van der Waals surface area (Å²) in [4.78, 5) is 5.32. The Morgan fingerprint density at radius 1 is 0.760 bits per heavy atom. The summed E-state index contributed by atoms with van der Waals surface area (Å²) in [5.74, 6) is 4.23. The Morgan fingerprint density at radius 2 is 1.36 bits per heavy atom. The lowest BCUT2D eigenvalue weighted by atomic mass is 9.54. The fourth-order valence-electron chi connectivity index (χ4n) is 7.23. The lowest BCUT2D eigenvalue weighted by Crippen LogP contribution is -2.61. The highest BCUT2D eigenvalue weighted by Gasteiger charge is 2.50. The van der Waals surface area contributed by atoms with E-state index in [1.807, 2.05) is 0 Å². The summed E-state index contributed by atoms with van der Waals surface area (Å²) < 4.78 is 0. The summed E-state index contributed by atoms with van der Waals surface area (Å²) in [6, 6.07) is 1.55. The Kier molecular flexibility index (Phi) is 4.70. The van der Waals surface area contributed by atoms with Crippen LogP contribution in [0.4, 0.5) is 0 Å². The van der Waals surface area contributed by atoms with Gasteiger partial charge in [-0.1, -0.05) is 19.3 Å². The molecule has 3 nitrogen and oxygen atoms in total. The average molecular weight is 362 g/mol. The van der Waals surface area contributed by atoms with Gasteiger partial charge in [-0.3, -0.25) is 4.90 Å². The van der Waals surface area contributed by atoms with Gasteiger partial charge in [-0.25, -0.2) is 0 Å². The number of nitrogens with one attached hydrogen (secondary N) is 1. The average Bonchev–Trinajstić information content (AvgIpc) is 2.62. The zero-order valence-corrected chi connectivity index (χ0v) is 16.5. The zero-order chi connectivity index (χ0) is 16.8. The second-order valence-electron chi connectivity index (χ2n) is 9.73. The molecule has 6 fully saturated rings. The van der Waals surface area contributed by atoms with Gasteiger partial charge in [0.05, 0.1) is 0 Å². The van der Waals surface area contributed by atoms with E-state index in [0.717, 1.165) is 47.9 Å². The van der Waals surface area contributed by atoms with Gasteiger partial charge in [0.15, 0.2) is 5.11 Å². The van der Waals surface area contributed by atoms with Crippen LogP contribution < -0.4 is 5.32 Å². The Hall–Kier alpha value is -0.350. The molecule has 25 heavy (non-hydrogen) atoms. The number of piperazine rings is 1. The van der Waals surface area contributed by atoms with Gasteiger partial charge in [-0.15, -0.1) is 0 Å². The molecule has 140 valence electrons. The van der Waals surface area contributed by atoms with Gasteiger partial charge in [-0.05, 0) is 80.8 Å². The first-order valence-corrected chi connectivity index (χ1v) is 11.5. The zero-order valence-electron chi connectivity index (χ0n) is 15.7. The van der Waals surface area contributed by atoms with E-state index < -0.39 is 0 Å². The summed E-state index contributed by atoms with van der Waals surface area (Å²) in [5, 5.41) is 4.71. The van der Waals surface area contributed by atoms with E-state index in [-0.39, 0.29) is 0 Å². The standard InChI is InChI=1S/C21H35N3S/c25-21(22-19-4-2-1-3-5-19)24-8-6-23(7-9-24)20-17-11-15-10-16(13-17)14-18(20)12-15/h15-20H,1-14H2,(H,22,25). The molecule has 6 rings (SSSR count). The van der Waals surface area contributed by atoms with Gasteiger partial charge < -0.3 is 10.2 Å². The second-order valence-corrected chi connectivity index (χ2v) is 10.1. The predicted octanol–water partition coefficient (Wildman–Crippen LogP) is 3.64. The Balaban J connectivity index is 1.14. The van der Waals surface area contributed by atoms with Crippen LogP contribution in [-0.2, 0) is 0 Å². The fraction of sp³-hybridized carbons (Fsp3) is 0.952. The lowest BCUT2D eigenvalue weighted by molar-refractivity contribution is -0.0727. The molecule has 1 saturated heterocycles. The quantitative estimate of drug-likeness (QED) is 0.757. The molecule has 1 aliphatic heterocycles. The van der Waals surface area contributed by atoms with Crippen molar-refractivity contribution in [3.8, 4) is 0 Å². The molecular weight excluding hydrogens is 326 g/mol. The van der Waals surface area contributed by atoms with Crippen LogP contribution in [0.2, 0.25) is 0 Å². The van der Waals surface area contributed by atoms with Crippen molar-refractivity contribution in [2.45, 2.75) is 76.3 Å². The smallest absolute Gasteiger partial charge is 0.169 e. The summed E-state index contributed by atoms with van der Waals surface area (Å²) in [6.45, 7) is 4.75. The fourth-order valence-corrected chi connectivity index (χ4v) is 7.58. The second kappa shape index (κ2) is 6.99. The molecular formula is C21H35N3S. The number of hydrogen-bond acceptors (Lipinski definition) is 2. The van der Waals surface area contributed by atoms with Crippen molar-refractivity contribution in [2.75, 3.05) is 26.2 Å². The van der Waals surface area contributed by atoms with Crippen LogP contribution in [0, 0.1) is 23.7 Å². The largest absolute Gasteiger partial charge is 0.360 e. The van der Waals surface area contributed by atoms with Crippen molar-refractivity contribution < 1.29 is 0 Å². The van der Waals surface area contributed by atoms with E-state index in [1.54, 1.807) is 32.1 Å². The monoisotopic (exact) mass is 361 g/mol. The highest BCUT2D eigenvalue weighted by atomic mass is 32.1. The van der Waals surface area contributed by atoms with E-state index in [9.17, 15) is 0 Å². The molecule has 0 radical (unpaired) electrons. The maximum Gasteiger partial charge on any atom is 0.169 e. The molecule has 1 heterocycles. The first kappa shape index (κ1) is 16.8. The molecule has 0 unspecified atom stereocenters. The van der Waals surface area contributed by atoms with Gasteiger partial charge in [0, 0.05) is 38.3 Å². The first-order chi connectivity index (χ1) is 12.3. The van der Waals surface area contributed by atoms with Crippen molar-refractivity contribution in [3.05, 3.63) is 0 Å². The topological polar surface area (TPSA) is 18.5 Å². The minimum Gasteiger partial charge on any atom is -0.360 e. The molecule has 5 aliphatic carbocycles. The Morgan fingerprint density at radius 3 is 1.96 bits per heavy atom. The SMILES string of the molecule is S=C(NC1CCCCC1)N1CCN(C2C3CC4CC(C3)CC2C4)CC1. The van der Waals surface area contributed by atoms with Gasteiger partial charge in [0.25, 0.3) is 0 Å². The van der Waals surface area contributed by atoms with Crippen molar-refractivity contribution in [2.24, 2.45) is 23.7 Å². The molecule has 4 heteroatoms. The minimum absolute atomic E-state index is 0.642. The summed E-state index contributed by atoms with van der Waals surface area (Å²) in [5.41, 5.74) is 0. The lowest BCUT2D eigenvalue weighted by Gasteiger charge is -2.58. The van der Waals surface area contributed by atoms with Crippen LogP contribution in [0.5, 0.6) is 0 Å². The molecule has 0 amide bonds. The van der Waals surface area contributed by atoms with E-state index in [1.165, 1.54) is 45.2 Å². The van der Waals surface area contributed by atoms with Gasteiger partial charge >= 0.3 is 0 Å². The summed E-state index contributed by atoms with van der Waals surface area (Å²) in [7, 11) is 0. The molecule has 0 aromatic carbocycles. The van der Waals surface area contributed by atoms with Gasteiger partial charge in [-0.2, -0.15) is 0 Å². The third kappa shape index (κ3) is 3.34. The van der Waals surface area contributed by atoms with Crippen molar-refractivity contribution in [3.63, 3.8) is 0 Å². The van der Waals surface area contributed by atoms with Crippen LogP contribution in [0.15, 0.2) is 0 Å². The molecule has 0 aromatic rings. The van der Waals surface area contributed by atoms with E-state index in [4.69, 9.17) is 12.2 Å². The van der Waals surface area contributed by atoms with Gasteiger partial charge in [0.1, 0.15) is 0 Å². The predicted molar refractivity (Wildman–Crippen MR) is 107 cm³/mol. The summed E-state index contributed by atoms with van der Waals surface area (Å²) in [6.07, 6.45) is 14.5. The van der Waals surface area contributed by atoms with Crippen LogP contribution in [0.3, 0.4) is 0 Å². The third-order valence-electron chi connectivity index (χ3n) is 8.13. The van der Waals surface area contributed by atoms with E-state index in [0.29, 0.717) is 6.04 Å². The highest BCUT2D eigenvalue weighted by molar-refractivity contribution is 7.80. The third-order valence-corrected chi connectivity index (χ3v) is 8.51. The molecule has 5 saturated carbocycles. The number of thiocarbonyl (C=S) groups is 1.